The Morgan fingerprint density at radius 2 is 1.76 bits per heavy atom. The normalized spacial score (nSPS) is 16.7. The van der Waals surface area contributed by atoms with E-state index >= 15 is 0 Å². The molecule has 1 atom stereocenters. The molecule has 2 heterocycles. The third kappa shape index (κ3) is 4.41. The lowest BCUT2D eigenvalue weighted by Crippen LogP contribution is -2.44. The SMILES string of the molecule is O=c1c(NCc2ccncc2)c(NC[C@H](O)CN2CCOCC2)c1=O. The van der Waals surface area contributed by atoms with Crippen molar-refractivity contribution in [1.82, 2.24) is 9.88 Å². The van der Waals surface area contributed by atoms with Gasteiger partial charge < -0.3 is 20.5 Å². The molecule has 2 aromatic rings. The van der Waals surface area contributed by atoms with Gasteiger partial charge in [-0.25, -0.2) is 0 Å². The van der Waals surface area contributed by atoms with Crippen LogP contribution in [0.1, 0.15) is 5.56 Å². The average molecular weight is 346 g/mol. The summed E-state index contributed by atoms with van der Waals surface area (Å²) in [6, 6.07) is 3.66. The van der Waals surface area contributed by atoms with Gasteiger partial charge in [0.2, 0.25) is 0 Å². The van der Waals surface area contributed by atoms with Gasteiger partial charge >= 0.3 is 0 Å². The monoisotopic (exact) mass is 346 g/mol. The van der Waals surface area contributed by atoms with Gasteiger partial charge in [0.25, 0.3) is 10.9 Å². The Labute approximate surface area is 145 Å². The van der Waals surface area contributed by atoms with E-state index in [2.05, 4.69) is 20.5 Å². The van der Waals surface area contributed by atoms with Gasteiger partial charge in [-0.2, -0.15) is 0 Å². The first-order valence-electron chi connectivity index (χ1n) is 8.33. The number of aromatic nitrogens is 1. The van der Waals surface area contributed by atoms with Crippen LogP contribution in [0.25, 0.3) is 0 Å². The van der Waals surface area contributed by atoms with E-state index in [0.29, 0.717) is 26.3 Å². The first-order valence-corrected chi connectivity index (χ1v) is 8.33. The van der Waals surface area contributed by atoms with E-state index in [1.807, 2.05) is 12.1 Å². The quantitative estimate of drug-likeness (QED) is 0.544. The molecule has 0 spiro atoms. The minimum absolute atomic E-state index is 0.214. The van der Waals surface area contributed by atoms with Gasteiger partial charge in [-0.05, 0) is 17.7 Å². The lowest BCUT2D eigenvalue weighted by Gasteiger charge is -2.28. The van der Waals surface area contributed by atoms with Crippen molar-refractivity contribution in [2.45, 2.75) is 12.6 Å². The topological polar surface area (TPSA) is 104 Å². The molecule has 1 aromatic heterocycles. The molecule has 0 saturated carbocycles. The number of nitrogens with one attached hydrogen (secondary N) is 2. The van der Waals surface area contributed by atoms with Crippen molar-refractivity contribution in [3.8, 4) is 0 Å². The van der Waals surface area contributed by atoms with E-state index in [4.69, 9.17) is 4.74 Å². The minimum Gasteiger partial charge on any atom is -0.390 e. The van der Waals surface area contributed by atoms with Crippen LogP contribution >= 0.6 is 0 Å². The van der Waals surface area contributed by atoms with Gasteiger partial charge in [-0.1, -0.05) is 0 Å². The number of anilines is 2. The molecule has 0 aliphatic carbocycles. The van der Waals surface area contributed by atoms with Crippen LogP contribution in [0.2, 0.25) is 0 Å². The van der Waals surface area contributed by atoms with Crippen LogP contribution in [0.3, 0.4) is 0 Å². The second kappa shape index (κ2) is 8.19. The second-order valence-electron chi connectivity index (χ2n) is 6.06. The Balaban J connectivity index is 1.51. The maximum Gasteiger partial charge on any atom is 0.253 e. The number of aliphatic hydroxyl groups excluding tert-OH is 1. The highest BCUT2D eigenvalue weighted by Gasteiger charge is 2.22. The highest BCUT2D eigenvalue weighted by atomic mass is 16.5. The molecule has 1 saturated heterocycles. The van der Waals surface area contributed by atoms with Crippen molar-refractivity contribution in [1.29, 1.82) is 0 Å². The fourth-order valence-electron chi connectivity index (χ4n) is 2.79. The highest BCUT2D eigenvalue weighted by molar-refractivity contribution is 5.74. The number of pyridine rings is 1. The number of rotatable bonds is 8. The standard InChI is InChI=1S/C17H22N4O4/c22-13(11-21-5-7-25-8-6-21)10-20-15-14(16(23)17(15)24)19-9-12-1-3-18-4-2-12/h1-4,13,19-20,22H,5-11H2/t13-/m0/s1. The zero-order chi connectivity index (χ0) is 17.6. The van der Waals surface area contributed by atoms with Crippen LogP contribution in [0, 0.1) is 0 Å². The van der Waals surface area contributed by atoms with Gasteiger partial charge in [-0.15, -0.1) is 0 Å². The van der Waals surface area contributed by atoms with Gasteiger partial charge in [0.15, 0.2) is 0 Å². The summed E-state index contributed by atoms with van der Waals surface area (Å²) in [5.41, 5.74) is 0.414. The Morgan fingerprint density at radius 3 is 2.44 bits per heavy atom. The van der Waals surface area contributed by atoms with Gasteiger partial charge in [0.1, 0.15) is 11.4 Å². The molecule has 3 rings (SSSR count). The third-order valence-corrected chi connectivity index (χ3v) is 4.22. The van der Waals surface area contributed by atoms with E-state index in [0.717, 1.165) is 18.7 Å². The van der Waals surface area contributed by atoms with Crippen molar-refractivity contribution in [2.75, 3.05) is 50.0 Å². The molecule has 0 radical (unpaired) electrons. The summed E-state index contributed by atoms with van der Waals surface area (Å²) in [4.78, 5) is 29.5. The summed E-state index contributed by atoms with van der Waals surface area (Å²) < 4.78 is 5.27. The highest BCUT2D eigenvalue weighted by Crippen LogP contribution is 2.15. The molecule has 25 heavy (non-hydrogen) atoms. The number of ether oxygens (including phenoxy) is 1. The van der Waals surface area contributed by atoms with E-state index in [9.17, 15) is 14.7 Å². The first kappa shape index (κ1) is 17.5. The fourth-order valence-corrected chi connectivity index (χ4v) is 2.79. The van der Waals surface area contributed by atoms with E-state index in [1.54, 1.807) is 12.4 Å². The van der Waals surface area contributed by atoms with Gasteiger partial charge in [-0.3, -0.25) is 19.5 Å². The van der Waals surface area contributed by atoms with Crippen molar-refractivity contribution >= 4 is 11.4 Å². The average Bonchev–Trinajstić information content (AvgIpc) is 2.65. The summed E-state index contributed by atoms with van der Waals surface area (Å²) in [5, 5.41) is 16.0. The number of hydrogen-bond donors (Lipinski definition) is 3. The Hall–Kier alpha value is -2.29. The van der Waals surface area contributed by atoms with Crippen molar-refractivity contribution < 1.29 is 9.84 Å². The zero-order valence-electron chi connectivity index (χ0n) is 13.9. The van der Waals surface area contributed by atoms with Crippen LogP contribution in [-0.2, 0) is 11.3 Å². The number of hydrogen-bond acceptors (Lipinski definition) is 8. The first-order chi connectivity index (χ1) is 12.1. The largest absolute Gasteiger partial charge is 0.390 e. The van der Waals surface area contributed by atoms with E-state index in [-0.39, 0.29) is 17.9 Å². The predicted molar refractivity (Wildman–Crippen MR) is 94.7 cm³/mol. The number of nitrogens with zero attached hydrogens (tertiary/aromatic N) is 2. The number of β-amino-alcohol motifs (C(OH)–C–C–N with tert-alkyl or cyclic N) is 1. The minimum atomic E-state index is -0.629. The number of morpholine rings is 1. The van der Waals surface area contributed by atoms with Crippen molar-refractivity contribution in [3.05, 3.63) is 50.5 Å². The van der Waals surface area contributed by atoms with Crippen molar-refractivity contribution in [3.63, 3.8) is 0 Å². The summed E-state index contributed by atoms with van der Waals surface area (Å²) in [6.07, 6.45) is 2.70. The molecule has 8 nitrogen and oxygen atoms in total. The molecule has 0 bridgehead atoms. The van der Waals surface area contributed by atoms with Crippen LogP contribution in [0.4, 0.5) is 11.4 Å². The summed E-state index contributed by atoms with van der Waals surface area (Å²) >= 11 is 0. The van der Waals surface area contributed by atoms with Gasteiger partial charge in [0.05, 0.1) is 19.3 Å². The smallest absolute Gasteiger partial charge is 0.253 e. The lowest BCUT2D eigenvalue weighted by atomic mass is 10.1. The second-order valence-corrected chi connectivity index (χ2v) is 6.06. The molecule has 1 fully saturated rings. The fraction of sp³-hybridized carbons (Fsp3) is 0.471. The summed E-state index contributed by atoms with van der Waals surface area (Å²) in [5.74, 6) is 0. The molecule has 1 aromatic carbocycles. The van der Waals surface area contributed by atoms with Crippen LogP contribution < -0.4 is 21.5 Å². The Bertz CT molecular complexity index is 752. The van der Waals surface area contributed by atoms with E-state index < -0.39 is 17.0 Å². The molecule has 134 valence electrons. The molecule has 0 amide bonds. The van der Waals surface area contributed by atoms with Crippen LogP contribution in [-0.4, -0.2) is 60.5 Å². The molecular weight excluding hydrogens is 324 g/mol. The van der Waals surface area contributed by atoms with E-state index in [1.165, 1.54) is 0 Å². The number of aliphatic hydroxyl groups is 1. The molecular formula is C17H22N4O4. The summed E-state index contributed by atoms with van der Waals surface area (Å²) in [7, 11) is 0. The van der Waals surface area contributed by atoms with Crippen LogP contribution in [0.15, 0.2) is 34.1 Å². The molecule has 1 aliphatic rings. The lowest BCUT2D eigenvalue weighted by molar-refractivity contribution is 0.0171. The molecule has 3 N–H and O–H groups in total. The van der Waals surface area contributed by atoms with Crippen molar-refractivity contribution in [2.24, 2.45) is 0 Å². The molecule has 1 aliphatic heterocycles. The Kier molecular flexibility index (Phi) is 5.75. The van der Waals surface area contributed by atoms with Gasteiger partial charge in [0, 0.05) is 45.1 Å². The maximum absolute atomic E-state index is 11.8. The zero-order valence-corrected chi connectivity index (χ0v) is 13.9. The molecule has 8 heteroatoms. The van der Waals surface area contributed by atoms with Crippen LogP contribution in [0.5, 0.6) is 0 Å². The maximum atomic E-state index is 11.8. The predicted octanol–water partition coefficient (Wildman–Crippen LogP) is -0.605. The Morgan fingerprint density at radius 1 is 1.12 bits per heavy atom. The third-order valence-electron chi connectivity index (χ3n) is 4.22. The summed E-state index contributed by atoms with van der Waals surface area (Å²) in [6.45, 7) is 4.06. The molecule has 0 unspecified atom stereocenters.